The average molecular weight is 604 g/mol. The number of thiazole rings is 2. The highest BCUT2D eigenvalue weighted by molar-refractivity contribution is 8.00. The molecule has 2 aliphatic heterocycles. The molecule has 0 aromatic carbocycles. The third-order valence-electron chi connectivity index (χ3n) is 6.48. The lowest BCUT2D eigenvalue weighted by Crippen LogP contribution is -2.71. The Morgan fingerprint density at radius 2 is 2.12 bits per heavy atom. The van der Waals surface area contributed by atoms with Crippen molar-refractivity contribution in [1.29, 1.82) is 0 Å². The fourth-order valence-corrected chi connectivity index (χ4v) is 7.58. The number of carbonyl (C=O) groups is 3. The minimum atomic E-state index is -1.19. The fourth-order valence-electron chi connectivity index (χ4n) is 4.56. The smallest absolute Gasteiger partial charge is 0.352 e. The van der Waals surface area contributed by atoms with Gasteiger partial charge in [-0.05, 0) is 13.8 Å². The van der Waals surface area contributed by atoms with E-state index in [1.54, 1.807) is 16.7 Å². The summed E-state index contributed by atoms with van der Waals surface area (Å²) in [6.45, 7) is 6.18. The molecule has 0 spiro atoms. The Balaban J connectivity index is 1.35. The van der Waals surface area contributed by atoms with Crippen LogP contribution in [0.25, 0.3) is 10.2 Å². The van der Waals surface area contributed by atoms with Crippen molar-refractivity contribution in [1.82, 2.24) is 20.2 Å². The number of anilines is 2. The molecular formula is C24H27N8O5S3+. The number of β-lactam (4-membered cyclic amide) rings is 1. The summed E-state index contributed by atoms with van der Waals surface area (Å²) in [5, 5.41) is 18.6. The van der Waals surface area contributed by atoms with Gasteiger partial charge in [0.25, 0.3) is 11.8 Å². The van der Waals surface area contributed by atoms with Gasteiger partial charge in [-0.3, -0.25) is 14.5 Å². The van der Waals surface area contributed by atoms with Gasteiger partial charge in [0, 0.05) is 35.9 Å². The Bertz CT molecular complexity index is 1550. The first-order valence-electron chi connectivity index (χ1n) is 12.3. The molecule has 1 fully saturated rings. The van der Waals surface area contributed by atoms with Gasteiger partial charge in [0.15, 0.2) is 34.9 Å². The number of aliphatic carboxylic acids is 1. The number of aromatic nitrogens is 3. The van der Waals surface area contributed by atoms with E-state index in [9.17, 15) is 19.5 Å². The Labute approximate surface area is 241 Å². The summed E-state index contributed by atoms with van der Waals surface area (Å²) >= 11 is 4.11. The van der Waals surface area contributed by atoms with Crippen LogP contribution in [0.4, 0.5) is 10.3 Å². The maximum absolute atomic E-state index is 13.1. The van der Waals surface area contributed by atoms with E-state index in [2.05, 4.69) is 34.2 Å². The van der Waals surface area contributed by atoms with Gasteiger partial charge in [-0.2, -0.15) is 4.57 Å². The zero-order chi connectivity index (χ0) is 28.6. The SMILES string of the molecule is CCN(CC)c1nc2cc[n+](CC3=C(C(=O)O)N4C(=O)C(NC(=O)C(=NOC)c5csc(N)n5)[C@@H]4SC3)cc2s1. The van der Waals surface area contributed by atoms with Gasteiger partial charge in [-0.15, -0.1) is 23.1 Å². The number of amides is 2. The number of carbonyl (C=O) groups excluding carboxylic acids is 2. The van der Waals surface area contributed by atoms with Gasteiger partial charge in [0.1, 0.15) is 34.6 Å². The molecule has 210 valence electrons. The Morgan fingerprint density at radius 1 is 1.35 bits per heavy atom. The number of pyridine rings is 1. The van der Waals surface area contributed by atoms with Crippen molar-refractivity contribution in [3.05, 3.63) is 40.8 Å². The van der Waals surface area contributed by atoms with Crippen molar-refractivity contribution < 1.29 is 28.9 Å². The van der Waals surface area contributed by atoms with Crippen molar-refractivity contribution in [3.8, 4) is 0 Å². The van der Waals surface area contributed by atoms with E-state index >= 15 is 0 Å². The van der Waals surface area contributed by atoms with Crippen LogP contribution in [0, 0.1) is 0 Å². The average Bonchev–Trinajstić information content (AvgIpc) is 3.56. The van der Waals surface area contributed by atoms with Crippen LogP contribution >= 0.6 is 34.4 Å². The molecule has 0 bridgehead atoms. The number of nitrogens with one attached hydrogen (secondary N) is 1. The molecule has 4 N–H and O–H groups in total. The highest BCUT2D eigenvalue weighted by Crippen LogP contribution is 2.40. The third kappa shape index (κ3) is 5.09. The van der Waals surface area contributed by atoms with Crippen LogP contribution in [0.2, 0.25) is 0 Å². The molecule has 1 saturated heterocycles. The van der Waals surface area contributed by atoms with E-state index in [1.807, 2.05) is 23.0 Å². The van der Waals surface area contributed by atoms with Gasteiger partial charge in [0.05, 0.1) is 5.52 Å². The molecule has 2 amide bonds. The summed E-state index contributed by atoms with van der Waals surface area (Å²) in [5.41, 5.74) is 7.18. The van der Waals surface area contributed by atoms with Gasteiger partial charge in [-0.1, -0.05) is 16.5 Å². The number of rotatable bonds is 10. The highest BCUT2D eigenvalue weighted by Gasteiger charge is 2.54. The maximum atomic E-state index is 13.1. The Morgan fingerprint density at radius 3 is 2.77 bits per heavy atom. The molecule has 0 aliphatic carbocycles. The van der Waals surface area contributed by atoms with Crippen LogP contribution in [0.1, 0.15) is 19.5 Å². The normalized spacial score (nSPS) is 18.9. The summed E-state index contributed by atoms with van der Waals surface area (Å²) in [4.78, 5) is 55.4. The summed E-state index contributed by atoms with van der Waals surface area (Å²) in [6.07, 6.45) is 3.81. The van der Waals surface area contributed by atoms with E-state index < -0.39 is 29.2 Å². The number of nitrogens with two attached hydrogens (primary N) is 1. The summed E-state index contributed by atoms with van der Waals surface area (Å²) in [5.74, 6) is -2.00. The van der Waals surface area contributed by atoms with Crippen LogP contribution in [0.5, 0.6) is 0 Å². The maximum Gasteiger partial charge on any atom is 0.352 e. The van der Waals surface area contributed by atoms with E-state index in [1.165, 1.54) is 23.8 Å². The standard InChI is InChI=1S/C24H26N8O5S3/c1-4-31(5-2)24-27-13-6-7-30(9-15(13)40-24)8-12-10-38-21-17(20(34)32(21)18(12)22(35)36)28-19(33)16(29-37-3)14-11-39-23(25)26-14/h6-7,9,11,17,21H,4-5,8,10H2,1-3H3,(H3-,25,26,28,33,35,36)/p+1/t17?,21-/m0/s1. The van der Waals surface area contributed by atoms with Crippen molar-refractivity contribution in [2.45, 2.75) is 31.8 Å². The number of fused-ring (bicyclic) bond motifs is 2. The van der Waals surface area contributed by atoms with Gasteiger partial charge in [0.2, 0.25) is 0 Å². The molecule has 2 aliphatic rings. The first-order valence-corrected chi connectivity index (χ1v) is 15.1. The van der Waals surface area contributed by atoms with Crippen LogP contribution in [-0.4, -0.2) is 80.8 Å². The monoisotopic (exact) mass is 603 g/mol. The number of carboxylic acid groups (broad SMARTS) is 1. The van der Waals surface area contributed by atoms with Crippen molar-refractivity contribution in [3.63, 3.8) is 0 Å². The molecule has 16 heteroatoms. The third-order valence-corrected chi connectivity index (χ3v) is 9.56. The molecule has 3 aromatic rings. The summed E-state index contributed by atoms with van der Waals surface area (Å²) < 4.78 is 2.89. The molecule has 5 heterocycles. The number of nitrogens with zero attached hydrogens (tertiary/aromatic N) is 6. The van der Waals surface area contributed by atoms with Crippen LogP contribution in [-0.2, 0) is 25.8 Å². The second-order valence-electron chi connectivity index (χ2n) is 8.85. The number of nitrogen functional groups attached to an aromatic ring is 1. The molecule has 5 rings (SSSR count). The van der Waals surface area contributed by atoms with E-state index in [4.69, 9.17) is 15.6 Å². The highest BCUT2D eigenvalue weighted by atomic mass is 32.2. The van der Waals surface area contributed by atoms with Gasteiger partial charge < -0.3 is 25.9 Å². The molecule has 0 saturated carbocycles. The minimum absolute atomic E-state index is 0.0574. The summed E-state index contributed by atoms with van der Waals surface area (Å²) in [7, 11) is 1.29. The molecule has 2 atom stereocenters. The van der Waals surface area contributed by atoms with Crippen LogP contribution in [0.15, 0.2) is 40.3 Å². The zero-order valence-corrected chi connectivity index (χ0v) is 24.3. The lowest BCUT2D eigenvalue weighted by molar-refractivity contribution is -0.687. The lowest BCUT2D eigenvalue weighted by Gasteiger charge is -2.49. The fraction of sp³-hybridized carbons (Fsp3) is 0.375. The predicted molar refractivity (Wildman–Crippen MR) is 153 cm³/mol. The van der Waals surface area contributed by atoms with Crippen molar-refractivity contribution in [2.24, 2.45) is 5.16 Å². The molecule has 40 heavy (non-hydrogen) atoms. The molecule has 3 aromatic heterocycles. The largest absolute Gasteiger partial charge is 0.477 e. The van der Waals surface area contributed by atoms with Crippen molar-refractivity contribution >= 4 is 78.4 Å². The van der Waals surface area contributed by atoms with Gasteiger partial charge in [-0.25, -0.2) is 14.8 Å². The second kappa shape index (κ2) is 11.4. The molecule has 1 unspecified atom stereocenters. The minimum Gasteiger partial charge on any atom is -0.477 e. The van der Waals surface area contributed by atoms with E-state index in [0.29, 0.717) is 17.9 Å². The first kappa shape index (κ1) is 27.8. The number of carboxylic acids is 1. The topological polar surface area (TPSA) is 167 Å². The molecule has 13 nitrogen and oxygen atoms in total. The van der Waals surface area contributed by atoms with E-state index in [-0.39, 0.29) is 22.2 Å². The second-order valence-corrected chi connectivity index (χ2v) is 11.9. The first-order chi connectivity index (χ1) is 19.2. The number of hydrogen-bond donors (Lipinski definition) is 3. The molecule has 0 radical (unpaired) electrons. The Kier molecular flexibility index (Phi) is 7.91. The van der Waals surface area contributed by atoms with Crippen LogP contribution < -0.4 is 20.5 Å². The Hall–Kier alpha value is -3.76. The number of oxime groups is 1. The molecular weight excluding hydrogens is 577 g/mol. The van der Waals surface area contributed by atoms with Crippen molar-refractivity contribution in [2.75, 3.05) is 36.6 Å². The van der Waals surface area contributed by atoms with Crippen LogP contribution in [0.3, 0.4) is 0 Å². The summed E-state index contributed by atoms with van der Waals surface area (Å²) in [6, 6.07) is 0.986. The van der Waals surface area contributed by atoms with Gasteiger partial charge >= 0.3 is 5.97 Å². The predicted octanol–water partition coefficient (Wildman–Crippen LogP) is 1.26. The number of hydrogen-bond acceptors (Lipinski definition) is 12. The number of thioether (sulfide) groups is 1. The quantitative estimate of drug-likeness (QED) is 0.133. The zero-order valence-electron chi connectivity index (χ0n) is 21.9. The van der Waals surface area contributed by atoms with E-state index in [0.717, 1.165) is 39.8 Å². The lowest BCUT2D eigenvalue weighted by atomic mass is 10.0.